The molecule has 13 heavy (non-hydrogen) atoms. The summed E-state index contributed by atoms with van der Waals surface area (Å²) >= 11 is 1.58. The highest BCUT2D eigenvalue weighted by atomic mass is 32.2. The number of nitrogens with one attached hydrogen (secondary N) is 1. The molecule has 0 aromatic carbocycles. The molecule has 1 fully saturated rings. The summed E-state index contributed by atoms with van der Waals surface area (Å²) < 4.78 is 4.92. The normalized spacial score (nSPS) is 27.7. The first-order chi connectivity index (χ1) is 6.27. The molecule has 0 saturated carbocycles. The molecule has 2 atom stereocenters. The monoisotopic (exact) mass is 199 g/mol. The molecule has 1 saturated heterocycles. The van der Waals surface area contributed by atoms with Crippen LogP contribution < -0.4 is 5.32 Å². The highest BCUT2D eigenvalue weighted by Crippen LogP contribution is 2.32. The lowest BCUT2D eigenvalue weighted by Crippen LogP contribution is -2.33. The Balaban J connectivity index is 2.03. The van der Waals surface area contributed by atoms with Crippen molar-refractivity contribution >= 4 is 17.7 Å². The van der Waals surface area contributed by atoms with Gasteiger partial charge in [-0.05, 0) is 6.07 Å². The third-order valence-corrected chi connectivity index (χ3v) is 3.19. The van der Waals surface area contributed by atoms with Crippen LogP contribution in [-0.2, 0) is 4.79 Å². The van der Waals surface area contributed by atoms with Gasteiger partial charge in [-0.15, -0.1) is 11.8 Å². The highest BCUT2D eigenvalue weighted by Gasteiger charge is 2.30. The van der Waals surface area contributed by atoms with Gasteiger partial charge in [0.15, 0.2) is 0 Å². The summed E-state index contributed by atoms with van der Waals surface area (Å²) in [7, 11) is 0. The minimum absolute atomic E-state index is 0.0554. The molecule has 0 aliphatic carbocycles. The number of carboxylic acids is 1. The molecule has 2 rings (SSSR count). The summed E-state index contributed by atoms with van der Waals surface area (Å²) in [5, 5.41) is 11.8. The quantitative estimate of drug-likeness (QED) is 0.746. The maximum atomic E-state index is 10.6. The first-order valence-electron chi connectivity index (χ1n) is 3.90. The summed E-state index contributed by atoms with van der Waals surface area (Å²) in [6, 6.07) is 1.40. The fourth-order valence-electron chi connectivity index (χ4n) is 1.23. The number of rotatable bonds is 2. The van der Waals surface area contributed by atoms with Crippen LogP contribution in [0.25, 0.3) is 0 Å². The number of carbonyl (C=O) groups is 1. The Hall–Kier alpha value is -0.940. The second kappa shape index (κ2) is 3.43. The van der Waals surface area contributed by atoms with E-state index < -0.39 is 12.0 Å². The minimum atomic E-state index is -0.793. The number of furan rings is 1. The Morgan fingerprint density at radius 1 is 1.77 bits per heavy atom. The van der Waals surface area contributed by atoms with Crippen LogP contribution in [0.15, 0.2) is 23.0 Å². The smallest absolute Gasteiger partial charge is 0.321 e. The molecule has 1 aromatic heterocycles. The van der Waals surface area contributed by atoms with Gasteiger partial charge in [0.1, 0.15) is 6.04 Å². The van der Waals surface area contributed by atoms with Crippen LogP contribution in [0.4, 0.5) is 0 Å². The molecule has 2 heterocycles. The van der Waals surface area contributed by atoms with Gasteiger partial charge in [-0.3, -0.25) is 10.1 Å². The largest absolute Gasteiger partial charge is 0.480 e. The van der Waals surface area contributed by atoms with Gasteiger partial charge in [0.05, 0.1) is 17.9 Å². The summed E-state index contributed by atoms with van der Waals surface area (Å²) in [6.07, 6.45) is 3.22. The van der Waals surface area contributed by atoms with Crippen LogP contribution in [0.3, 0.4) is 0 Å². The molecular weight excluding hydrogens is 190 g/mol. The van der Waals surface area contributed by atoms with Gasteiger partial charge in [0.25, 0.3) is 0 Å². The van der Waals surface area contributed by atoms with E-state index in [1.165, 1.54) is 0 Å². The fraction of sp³-hybridized carbons (Fsp3) is 0.375. The van der Waals surface area contributed by atoms with Crippen LogP contribution in [0.5, 0.6) is 0 Å². The van der Waals surface area contributed by atoms with E-state index in [2.05, 4.69) is 5.32 Å². The highest BCUT2D eigenvalue weighted by molar-refractivity contribution is 7.99. The van der Waals surface area contributed by atoms with E-state index in [1.807, 2.05) is 6.07 Å². The molecule has 1 aliphatic rings. The first kappa shape index (κ1) is 8.65. The molecule has 5 heteroatoms. The van der Waals surface area contributed by atoms with Crippen molar-refractivity contribution in [3.8, 4) is 0 Å². The predicted molar refractivity (Wildman–Crippen MR) is 48.5 cm³/mol. The summed E-state index contributed by atoms with van der Waals surface area (Å²) in [4.78, 5) is 10.6. The maximum Gasteiger partial charge on any atom is 0.321 e. The van der Waals surface area contributed by atoms with E-state index in [0.29, 0.717) is 5.75 Å². The Morgan fingerprint density at radius 2 is 2.62 bits per heavy atom. The second-order valence-corrected chi connectivity index (χ2v) is 3.97. The molecule has 4 nitrogen and oxygen atoms in total. The van der Waals surface area contributed by atoms with Gasteiger partial charge in [-0.25, -0.2) is 0 Å². The minimum Gasteiger partial charge on any atom is -0.480 e. The van der Waals surface area contributed by atoms with Gasteiger partial charge in [0, 0.05) is 11.3 Å². The Labute approximate surface area is 79.3 Å². The second-order valence-electron chi connectivity index (χ2n) is 2.83. The molecule has 0 unspecified atom stereocenters. The van der Waals surface area contributed by atoms with Crippen molar-refractivity contribution < 1.29 is 14.3 Å². The van der Waals surface area contributed by atoms with E-state index >= 15 is 0 Å². The number of thioether (sulfide) groups is 1. The third-order valence-electron chi connectivity index (χ3n) is 1.93. The van der Waals surface area contributed by atoms with E-state index in [4.69, 9.17) is 9.52 Å². The van der Waals surface area contributed by atoms with E-state index in [-0.39, 0.29) is 5.37 Å². The van der Waals surface area contributed by atoms with Gasteiger partial charge in [-0.2, -0.15) is 0 Å². The number of carboxylic acid groups (broad SMARTS) is 1. The molecule has 0 bridgehead atoms. The zero-order valence-corrected chi connectivity index (χ0v) is 7.58. The van der Waals surface area contributed by atoms with Crippen LogP contribution in [0.1, 0.15) is 10.9 Å². The fourth-order valence-corrected chi connectivity index (χ4v) is 2.44. The standard InChI is InChI=1S/C8H9NO3S/c10-8(11)6-4-13-7(9-6)5-1-2-12-3-5/h1-3,6-7,9H,4H2,(H,10,11)/t6-,7-/m0/s1. The van der Waals surface area contributed by atoms with Crippen molar-refractivity contribution in [2.75, 3.05) is 5.75 Å². The van der Waals surface area contributed by atoms with Crippen molar-refractivity contribution in [1.82, 2.24) is 5.32 Å². The van der Waals surface area contributed by atoms with Crippen molar-refractivity contribution in [2.24, 2.45) is 0 Å². The Kier molecular flexibility index (Phi) is 2.28. The van der Waals surface area contributed by atoms with Crippen molar-refractivity contribution in [2.45, 2.75) is 11.4 Å². The van der Waals surface area contributed by atoms with Gasteiger partial charge in [-0.1, -0.05) is 0 Å². The molecule has 1 aliphatic heterocycles. The van der Waals surface area contributed by atoms with Gasteiger partial charge < -0.3 is 9.52 Å². The molecule has 2 N–H and O–H groups in total. The number of hydrogen-bond donors (Lipinski definition) is 2. The summed E-state index contributed by atoms with van der Waals surface area (Å²) in [5.74, 6) is -0.191. The van der Waals surface area contributed by atoms with Crippen LogP contribution in [0.2, 0.25) is 0 Å². The van der Waals surface area contributed by atoms with E-state index in [1.54, 1.807) is 24.3 Å². The van der Waals surface area contributed by atoms with Crippen LogP contribution in [0, 0.1) is 0 Å². The summed E-state index contributed by atoms with van der Waals surface area (Å²) in [5.41, 5.74) is 0.994. The molecule has 70 valence electrons. The first-order valence-corrected chi connectivity index (χ1v) is 4.95. The van der Waals surface area contributed by atoms with Crippen molar-refractivity contribution in [1.29, 1.82) is 0 Å². The zero-order chi connectivity index (χ0) is 9.26. The van der Waals surface area contributed by atoms with E-state index in [0.717, 1.165) is 5.56 Å². The van der Waals surface area contributed by atoms with Crippen molar-refractivity contribution in [3.05, 3.63) is 24.2 Å². The Morgan fingerprint density at radius 3 is 3.15 bits per heavy atom. The van der Waals surface area contributed by atoms with Crippen LogP contribution in [-0.4, -0.2) is 22.9 Å². The topological polar surface area (TPSA) is 62.5 Å². The maximum absolute atomic E-state index is 10.6. The van der Waals surface area contributed by atoms with Gasteiger partial charge in [0.2, 0.25) is 0 Å². The molecule has 1 aromatic rings. The summed E-state index contributed by atoms with van der Waals surface area (Å²) in [6.45, 7) is 0. The average Bonchev–Trinajstić information content (AvgIpc) is 2.75. The zero-order valence-electron chi connectivity index (χ0n) is 6.77. The number of hydrogen-bond acceptors (Lipinski definition) is 4. The molecular formula is C8H9NO3S. The molecule has 0 amide bonds. The number of aliphatic carboxylic acids is 1. The predicted octanol–water partition coefficient (Wildman–Crippen LogP) is 1.07. The lowest BCUT2D eigenvalue weighted by atomic mass is 10.3. The lowest BCUT2D eigenvalue weighted by Gasteiger charge is -2.07. The van der Waals surface area contributed by atoms with Gasteiger partial charge >= 0.3 is 5.97 Å². The van der Waals surface area contributed by atoms with Crippen molar-refractivity contribution in [3.63, 3.8) is 0 Å². The average molecular weight is 199 g/mol. The third kappa shape index (κ3) is 1.71. The SMILES string of the molecule is O=C(O)[C@@H]1CS[C@@H](c2ccoc2)N1. The molecule has 0 radical (unpaired) electrons. The lowest BCUT2D eigenvalue weighted by molar-refractivity contribution is -0.138. The van der Waals surface area contributed by atoms with E-state index in [9.17, 15) is 4.79 Å². The Bertz CT molecular complexity index is 298. The van der Waals surface area contributed by atoms with Crippen LogP contribution >= 0.6 is 11.8 Å². The molecule has 0 spiro atoms.